The highest BCUT2D eigenvalue weighted by atomic mass is 32.2. The van der Waals surface area contributed by atoms with E-state index in [1.165, 1.54) is 153 Å². The van der Waals surface area contributed by atoms with Gasteiger partial charge in [-0.05, 0) is 267 Å². The van der Waals surface area contributed by atoms with Crippen LogP contribution in [0.2, 0.25) is 0 Å². The second-order valence-corrected chi connectivity index (χ2v) is 46.3. The molecule has 0 spiro atoms. The van der Waals surface area contributed by atoms with E-state index in [-0.39, 0.29) is 76.1 Å². The lowest BCUT2D eigenvalue weighted by atomic mass is 9.87. The Morgan fingerprint density at radius 2 is 0.465 bits per heavy atom. The van der Waals surface area contributed by atoms with Gasteiger partial charge < -0.3 is 0 Å². The second kappa shape index (κ2) is 43.5. The van der Waals surface area contributed by atoms with Crippen molar-refractivity contribution in [2.45, 2.75) is 217 Å². The van der Waals surface area contributed by atoms with Crippen LogP contribution >= 0.6 is 0 Å². The zero-order valence-corrected chi connectivity index (χ0v) is 80.4. The Kier molecular flexibility index (Phi) is 31.5. The molecular formula is C122H123S5+5. The molecule has 1 aliphatic rings. The normalized spacial score (nSPS) is 12.2. The first-order chi connectivity index (χ1) is 61.5. The monoisotopic (exact) mass is 1750 g/mol. The number of hydrogen-bond acceptors (Lipinski definition) is 0. The fraction of sp³-hybridized carbons (Fsp3) is 0.180. The fourth-order valence-corrected chi connectivity index (χ4v) is 26.7. The van der Waals surface area contributed by atoms with Gasteiger partial charge in [0.1, 0.15) is 10.9 Å². The van der Waals surface area contributed by atoms with Crippen molar-refractivity contribution < 1.29 is 0 Å². The summed E-state index contributed by atoms with van der Waals surface area (Å²) in [7, 11) is -0.417. The van der Waals surface area contributed by atoms with Crippen LogP contribution in [0, 0.1) is 0 Å². The summed E-state index contributed by atoms with van der Waals surface area (Å²) < 4.78 is 0. The molecule has 5 heteroatoms. The number of allylic oxidation sites excluding steroid dienone is 1. The molecule has 1 atom stereocenters. The predicted molar refractivity (Wildman–Crippen MR) is 553 cm³/mol. The van der Waals surface area contributed by atoms with Crippen LogP contribution in [0.5, 0.6) is 0 Å². The average molecular weight is 1750 g/mol. The van der Waals surface area contributed by atoms with Crippen molar-refractivity contribution in [3.63, 3.8) is 0 Å². The molecule has 0 nitrogen and oxygen atoms in total. The van der Waals surface area contributed by atoms with Gasteiger partial charge in [-0.1, -0.05) is 369 Å². The van der Waals surface area contributed by atoms with Gasteiger partial charge in [-0.2, -0.15) is 0 Å². The Bertz CT molecular complexity index is 6010. The molecule has 0 bridgehead atoms. The minimum atomic E-state index is -0.130. The molecule has 0 heterocycles. The van der Waals surface area contributed by atoms with E-state index in [0.29, 0.717) is 0 Å². The number of aryl methyl sites for hydroxylation is 2. The molecule has 0 aromatic heterocycles. The van der Waals surface area contributed by atoms with Crippen molar-refractivity contribution in [2.75, 3.05) is 0 Å². The molecule has 0 saturated heterocycles. The Labute approximate surface area is 774 Å². The van der Waals surface area contributed by atoms with Crippen LogP contribution in [0.1, 0.15) is 148 Å². The molecule has 636 valence electrons. The third kappa shape index (κ3) is 24.2. The van der Waals surface area contributed by atoms with E-state index in [4.69, 9.17) is 0 Å². The zero-order chi connectivity index (χ0) is 88.8. The van der Waals surface area contributed by atoms with E-state index < -0.39 is 0 Å². The molecule has 0 saturated carbocycles. The smallest absolute Gasteiger partial charge is 0.0834 e. The lowest BCUT2D eigenvalue weighted by Gasteiger charge is -2.21. The summed E-state index contributed by atoms with van der Waals surface area (Å²) in [5, 5.41) is 5.30. The third-order valence-corrected chi connectivity index (χ3v) is 34.1. The van der Waals surface area contributed by atoms with E-state index in [2.05, 4.69) is 539 Å². The number of benzene rings is 17. The molecule has 0 amide bonds. The van der Waals surface area contributed by atoms with Crippen LogP contribution in [0.4, 0.5) is 0 Å². The highest BCUT2D eigenvalue weighted by Gasteiger charge is 2.37. The van der Waals surface area contributed by atoms with E-state index >= 15 is 0 Å². The Morgan fingerprint density at radius 1 is 0.220 bits per heavy atom. The Balaban J connectivity index is 0.000000129. The summed E-state index contributed by atoms with van der Waals surface area (Å²) in [6.07, 6.45) is 10.6. The summed E-state index contributed by atoms with van der Waals surface area (Å²) in [5.41, 5.74) is 10.6. The molecule has 1 aliphatic carbocycles. The van der Waals surface area contributed by atoms with Gasteiger partial charge in [-0.15, -0.1) is 0 Å². The first-order valence-corrected chi connectivity index (χ1v) is 51.0. The summed E-state index contributed by atoms with van der Waals surface area (Å²) in [6, 6.07) is 160. The van der Waals surface area contributed by atoms with Gasteiger partial charge in [0.05, 0.1) is 43.6 Å². The van der Waals surface area contributed by atoms with E-state index in [1.807, 2.05) is 0 Å². The molecule has 0 fully saturated rings. The SMILES string of the molecule is C1=Cc2c(cccc2[S+](c2ccccc2)c2cccc3ccccc23)CC1.CC(C)(C)c1ccc([S+](c2ccc(C(C)(C)C)cc2)c2ccc(C(C)(C)C)cc2)cc1.CC(C)(C)c1ccc([S+](c2ccccc2)c2ccccc2)cc1.CCCCc1ccc([S+](c2ccccc2)c2ccccc2)cc1.c1ccc([S+](c2ccccc2)c2cccc3ccccc23)cc1. The van der Waals surface area contributed by atoms with Crippen molar-refractivity contribution in [2.24, 2.45) is 0 Å². The maximum Gasteiger partial charge on any atom is 0.174 e. The van der Waals surface area contributed by atoms with Gasteiger partial charge in [0.15, 0.2) is 73.4 Å². The van der Waals surface area contributed by atoms with Gasteiger partial charge in [0, 0.05) is 16.3 Å². The fourth-order valence-electron chi connectivity index (χ4n) is 15.8. The Morgan fingerprint density at radius 3 is 0.772 bits per heavy atom. The Hall–Kier alpha value is -11.3. The van der Waals surface area contributed by atoms with Crippen molar-refractivity contribution in [3.05, 3.63) is 482 Å². The number of fused-ring (bicyclic) bond motifs is 3. The predicted octanol–water partition coefficient (Wildman–Crippen LogP) is 33.7. The molecule has 0 radical (unpaired) electrons. The van der Waals surface area contributed by atoms with Crippen molar-refractivity contribution >= 4 is 82.1 Å². The second-order valence-electron chi connectivity index (χ2n) is 36.3. The van der Waals surface area contributed by atoms with Crippen LogP contribution in [0.3, 0.4) is 0 Å². The minimum absolute atomic E-state index is 0.0286. The van der Waals surface area contributed by atoms with Crippen LogP contribution in [-0.2, 0) is 89.0 Å². The average Bonchev–Trinajstić information content (AvgIpc) is 0.767. The van der Waals surface area contributed by atoms with Crippen molar-refractivity contribution in [1.82, 2.24) is 0 Å². The molecule has 1 unspecified atom stereocenters. The lowest BCUT2D eigenvalue weighted by molar-refractivity contribution is 0.589. The van der Waals surface area contributed by atoms with E-state index in [9.17, 15) is 0 Å². The summed E-state index contributed by atoms with van der Waals surface area (Å²) in [5.74, 6) is 0. The molecular weight excluding hydrogens is 1630 g/mol. The van der Waals surface area contributed by atoms with Crippen molar-refractivity contribution in [1.29, 1.82) is 0 Å². The summed E-state index contributed by atoms with van der Waals surface area (Å²) in [4.78, 5) is 20.7. The third-order valence-electron chi connectivity index (χ3n) is 22.8. The quantitative estimate of drug-likeness (QED) is 0.0751. The van der Waals surface area contributed by atoms with Crippen molar-refractivity contribution in [3.8, 4) is 0 Å². The lowest BCUT2D eigenvalue weighted by Crippen LogP contribution is -2.13. The van der Waals surface area contributed by atoms with E-state index in [0.717, 1.165) is 12.8 Å². The number of hydrogen-bond donors (Lipinski definition) is 0. The molecule has 0 aliphatic heterocycles. The summed E-state index contributed by atoms with van der Waals surface area (Å²) >= 11 is 0. The van der Waals surface area contributed by atoms with E-state index in [1.54, 1.807) is 0 Å². The first kappa shape index (κ1) is 91.9. The minimum Gasteiger partial charge on any atom is -0.0834 e. The molecule has 17 aromatic carbocycles. The number of rotatable bonds is 18. The topological polar surface area (TPSA) is 0 Å². The van der Waals surface area contributed by atoms with Gasteiger partial charge >= 0.3 is 0 Å². The highest BCUT2D eigenvalue weighted by Crippen LogP contribution is 2.43. The molecule has 127 heavy (non-hydrogen) atoms. The molecule has 17 aromatic rings. The summed E-state index contributed by atoms with van der Waals surface area (Å²) in [6.45, 7) is 29.5. The zero-order valence-electron chi connectivity index (χ0n) is 76.3. The maximum atomic E-state index is 2.34. The highest BCUT2D eigenvalue weighted by molar-refractivity contribution is 7.98. The van der Waals surface area contributed by atoms with Gasteiger partial charge in [0.2, 0.25) is 0 Å². The van der Waals surface area contributed by atoms with Gasteiger partial charge in [-0.3, -0.25) is 0 Å². The standard InChI is InChI=1S/C30H39S.C26H21S.C22H17S.2C22H23S/c1-28(2,3)22-10-16-25(17-11-22)31(26-18-12-23(13-19-26)29(4,5)6)27-20-14-24(15-21-27)30(7,8)9;1-2-14-22(15-3-1)27(25-18-8-12-20-10-4-6-16-23(20)25)26-19-9-13-21-11-5-7-17-24(21)26;1-3-12-19(13-4-1)23(20-14-5-2-6-15-20)22-17-9-11-18-10-7-8-16-21(18)22;1-22(2,3)18-14-16-21(17-15-18)23(19-10-6-4-7-11-19)20-12-8-5-9-13-20;1-2-3-10-19-15-17-22(18-16-19)23(20-11-6-4-7-12-20)21-13-8-5-9-14-21/h10-21H,1-9H3;1-4,6-10,12-19H,5,11H2;1-17H;4-17H,1-3H3;4-9,11-18H,2-3,10H2,1H3/q5*+1. The van der Waals surface area contributed by atoms with Crippen LogP contribution in [-0.4, -0.2) is 0 Å². The first-order valence-electron chi connectivity index (χ1n) is 44.9. The van der Waals surface area contributed by atoms with Crippen LogP contribution in [0.15, 0.2) is 516 Å². The maximum absolute atomic E-state index is 2.34. The number of unbranched alkanes of at least 4 members (excludes halogenated alkanes) is 1. The van der Waals surface area contributed by atoms with Gasteiger partial charge in [0.25, 0.3) is 0 Å². The van der Waals surface area contributed by atoms with Gasteiger partial charge in [-0.25, -0.2) is 0 Å². The molecule has 18 rings (SSSR count). The van der Waals surface area contributed by atoms with Crippen LogP contribution in [0.25, 0.3) is 27.6 Å². The molecule has 0 N–H and O–H groups in total. The van der Waals surface area contributed by atoms with Crippen LogP contribution < -0.4 is 0 Å². The largest absolute Gasteiger partial charge is 0.174 e.